The number of para-hydroxylation sites is 2. The van der Waals surface area contributed by atoms with E-state index in [-0.39, 0.29) is 34.5 Å². The molecule has 0 aliphatic carbocycles. The Labute approximate surface area is 194 Å². The second kappa shape index (κ2) is 9.22. The van der Waals surface area contributed by atoms with Crippen LogP contribution in [0.1, 0.15) is 26.3 Å². The van der Waals surface area contributed by atoms with Gasteiger partial charge in [0.25, 0.3) is 11.8 Å². The van der Waals surface area contributed by atoms with Crippen LogP contribution >= 0.6 is 11.6 Å². The minimum atomic E-state index is -1.19. The lowest BCUT2D eigenvalue weighted by Gasteiger charge is -2.29. The van der Waals surface area contributed by atoms with Crippen molar-refractivity contribution in [2.45, 2.75) is 6.54 Å². The highest BCUT2D eigenvalue weighted by Crippen LogP contribution is 2.33. The highest BCUT2D eigenvalue weighted by atomic mass is 35.5. The number of carboxylic acid groups (broad SMARTS) is 1. The molecule has 1 aliphatic heterocycles. The Morgan fingerprint density at radius 3 is 2.58 bits per heavy atom. The Balaban J connectivity index is 1.50. The number of carbonyl (C=O) groups excluding carboxylic acids is 2. The summed E-state index contributed by atoms with van der Waals surface area (Å²) in [5.74, 6) is -1.05. The van der Waals surface area contributed by atoms with Crippen LogP contribution in [0.2, 0.25) is 5.02 Å². The summed E-state index contributed by atoms with van der Waals surface area (Å²) in [6.45, 7) is 0.309. The summed E-state index contributed by atoms with van der Waals surface area (Å²) in [6, 6.07) is 16.7. The summed E-state index contributed by atoms with van der Waals surface area (Å²) >= 11 is 6.14. The molecule has 0 fully saturated rings. The van der Waals surface area contributed by atoms with E-state index in [2.05, 4.69) is 5.32 Å². The number of nitrogens with zero attached hydrogens (tertiary/aromatic N) is 1. The topological polar surface area (TPSA) is 105 Å². The minimum absolute atomic E-state index is 0.0254. The molecule has 0 bridgehead atoms. The van der Waals surface area contributed by atoms with E-state index >= 15 is 0 Å². The fraction of sp³-hybridized carbons (Fsp3) is 0.125. The van der Waals surface area contributed by atoms with Gasteiger partial charge in [0.2, 0.25) is 0 Å². The number of methoxy groups -OCH3 is 1. The summed E-state index contributed by atoms with van der Waals surface area (Å²) in [6.07, 6.45) is 0. The van der Waals surface area contributed by atoms with E-state index in [1.54, 1.807) is 29.2 Å². The van der Waals surface area contributed by atoms with Crippen molar-refractivity contribution in [3.8, 4) is 11.5 Å². The van der Waals surface area contributed by atoms with Gasteiger partial charge in [0.15, 0.2) is 6.61 Å². The lowest BCUT2D eigenvalue weighted by atomic mass is 10.1. The van der Waals surface area contributed by atoms with Crippen LogP contribution in [0.3, 0.4) is 0 Å². The second-order valence-electron chi connectivity index (χ2n) is 7.22. The molecule has 0 saturated heterocycles. The van der Waals surface area contributed by atoms with Crippen molar-refractivity contribution in [3.63, 3.8) is 0 Å². The molecule has 33 heavy (non-hydrogen) atoms. The molecule has 0 spiro atoms. The maximum Gasteiger partial charge on any atom is 0.339 e. The van der Waals surface area contributed by atoms with E-state index in [9.17, 15) is 19.5 Å². The lowest BCUT2D eigenvalue weighted by Crippen LogP contribution is -2.38. The van der Waals surface area contributed by atoms with Crippen molar-refractivity contribution in [1.29, 1.82) is 0 Å². The summed E-state index contributed by atoms with van der Waals surface area (Å²) in [7, 11) is 1.33. The van der Waals surface area contributed by atoms with Crippen molar-refractivity contribution >= 4 is 40.8 Å². The summed E-state index contributed by atoms with van der Waals surface area (Å²) < 4.78 is 10.5. The average molecular weight is 467 g/mol. The van der Waals surface area contributed by atoms with Gasteiger partial charge in [-0.1, -0.05) is 35.9 Å². The predicted octanol–water partition coefficient (Wildman–Crippen LogP) is 4.22. The number of hydrogen-bond donors (Lipinski definition) is 2. The van der Waals surface area contributed by atoms with Crippen LogP contribution < -0.4 is 19.7 Å². The molecule has 2 amide bonds. The third kappa shape index (κ3) is 4.61. The van der Waals surface area contributed by atoms with Crippen molar-refractivity contribution in [3.05, 3.63) is 82.4 Å². The van der Waals surface area contributed by atoms with E-state index in [0.29, 0.717) is 23.5 Å². The quantitative estimate of drug-likeness (QED) is 0.563. The zero-order valence-electron chi connectivity index (χ0n) is 17.5. The van der Waals surface area contributed by atoms with E-state index in [0.717, 1.165) is 5.56 Å². The number of aromatic carboxylic acids is 1. The third-order valence-corrected chi connectivity index (χ3v) is 5.45. The molecule has 8 nitrogen and oxygen atoms in total. The molecule has 0 atom stereocenters. The number of carboxylic acids is 1. The van der Waals surface area contributed by atoms with Gasteiger partial charge in [0.05, 0.1) is 30.1 Å². The standard InChI is InChI=1S/C24H19ClN2O6/c1-32-21-11-18(17(25)10-16(21)24(30)31)26-23(29)15-8-6-14(7-9-15)12-27-19-4-2-3-5-20(19)33-13-22(27)28/h2-11H,12-13H2,1H3,(H,26,29)(H,30,31). The van der Waals surface area contributed by atoms with Gasteiger partial charge < -0.3 is 24.8 Å². The molecule has 1 aliphatic rings. The molecule has 0 radical (unpaired) electrons. The first-order valence-electron chi connectivity index (χ1n) is 9.90. The second-order valence-corrected chi connectivity index (χ2v) is 7.63. The van der Waals surface area contributed by atoms with Gasteiger partial charge in [0, 0.05) is 11.6 Å². The van der Waals surface area contributed by atoms with Gasteiger partial charge in [-0.15, -0.1) is 0 Å². The molecular formula is C24H19ClN2O6. The number of ether oxygens (including phenoxy) is 2. The number of fused-ring (bicyclic) bond motifs is 1. The smallest absolute Gasteiger partial charge is 0.339 e. The van der Waals surface area contributed by atoms with Gasteiger partial charge >= 0.3 is 5.97 Å². The fourth-order valence-electron chi connectivity index (χ4n) is 3.45. The lowest BCUT2D eigenvalue weighted by molar-refractivity contribution is -0.121. The number of carbonyl (C=O) groups is 3. The number of benzene rings is 3. The summed E-state index contributed by atoms with van der Waals surface area (Å²) in [5.41, 5.74) is 2.02. The number of nitrogens with one attached hydrogen (secondary N) is 1. The van der Waals surface area contributed by atoms with E-state index in [1.165, 1.54) is 19.2 Å². The Morgan fingerprint density at radius 2 is 1.88 bits per heavy atom. The van der Waals surface area contributed by atoms with E-state index in [1.807, 2.05) is 24.3 Å². The number of rotatable bonds is 6. The first-order chi connectivity index (χ1) is 15.9. The van der Waals surface area contributed by atoms with Gasteiger partial charge in [-0.2, -0.15) is 0 Å². The number of halogens is 1. The molecule has 0 aromatic heterocycles. The molecule has 0 saturated carbocycles. The van der Waals surface area contributed by atoms with Crippen molar-refractivity contribution < 1.29 is 29.0 Å². The zero-order valence-corrected chi connectivity index (χ0v) is 18.3. The summed E-state index contributed by atoms with van der Waals surface area (Å²) in [4.78, 5) is 38.0. The van der Waals surface area contributed by atoms with E-state index < -0.39 is 11.9 Å². The van der Waals surface area contributed by atoms with Crippen LogP contribution in [0, 0.1) is 0 Å². The van der Waals surface area contributed by atoms with Crippen molar-refractivity contribution in [1.82, 2.24) is 0 Å². The van der Waals surface area contributed by atoms with Crippen molar-refractivity contribution in [2.24, 2.45) is 0 Å². The molecule has 4 rings (SSSR count). The SMILES string of the molecule is COc1cc(NC(=O)c2ccc(CN3C(=O)COc4ccccc43)cc2)c(Cl)cc1C(=O)O. The van der Waals surface area contributed by atoms with Crippen LogP contribution in [-0.4, -0.2) is 36.6 Å². The van der Waals surface area contributed by atoms with Gasteiger partial charge in [-0.3, -0.25) is 9.59 Å². The first kappa shape index (κ1) is 22.2. The first-order valence-corrected chi connectivity index (χ1v) is 10.3. The third-order valence-electron chi connectivity index (χ3n) is 5.13. The predicted molar refractivity (Wildman–Crippen MR) is 122 cm³/mol. The molecular weight excluding hydrogens is 448 g/mol. The van der Waals surface area contributed by atoms with Gasteiger partial charge in [0.1, 0.15) is 17.1 Å². The summed E-state index contributed by atoms with van der Waals surface area (Å²) in [5, 5.41) is 12.0. The Kier molecular flexibility index (Phi) is 6.19. The van der Waals surface area contributed by atoms with Crippen LogP contribution in [0.15, 0.2) is 60.7 Å². The van der Waals surface area contributed by atoms with E-state index in [4.69, 9.17) is 21.1 Å². The highest BCUT2D eigenvalue weighted by molar-refractivity contribution is 6.34. The maximum absolute atomic E-state index is 12.7. The number of anilines is 2. The number of hydrogen-bond acceptors (Lipinski definition) is 5. The molecule has 0 unspecified atom stereocenters. The van der Waals surface area contributed by atoms with Gasteiger partial charge in [-0.05, 0) is 35.9 Å². The molecule has 9 heteroatoms. The molecule has 2 N–H and O–H groups in total. The maximum atomic E-state index is 12.7. The van der Waals surface area contributed by atoms with Crippen LogP contribution in [0.25, 0.3) is 0 Å². The van der Waals surface area contributed by atoms with Gasteiger partial charge in [-0.25, -0.2) is 4.79 Å². The number of amides is 2. The van der Waals surface area contributed by atoms with Crippen LogP contribution in [-0.2, 0) is 11.3 Å². The Morgan fingerprint density at radius 1 is 1.15 bits per heavy atom. The highest BCUT2D eigenvalue weighted by Gasteiger charge is 2.25. The molecule has 168 valence electrons. The molecule has 3 aromatic rings. The fourth-order valence-corrected chi connectivity index (χ4v) is 3.66. The Hall–Kier alpha value is -4.04. The van der Waals surface area contributed by atoms with Crippen LogP contribution in [0.4, 0.5) is 11.4 Å². The van der Waals surface area contributed by atoms with Crippen molar-refractivity contribution in [2.75, 3.05) is 23.9 Å². The zero-order chi connectivity index (χ0) is 23.5. The van der Waals surface area contributed by atoms with Crippen LogP contribution in [0.5, 0.6) is 11.5 Å². The normalized spacial score (nSPS) is 12.5. The Bertz CT molecular complexity index is 1240. The largest absolute Gasteiger partial charge is 0.496 e. The minimum Gasteiger partial charge on any atom is -0.496 e. The monoisotopic (exact) mass is 466 g/mol. The molecule has 3 aromatic carbocycles. The average Bonchev–Trinajstić information content (AvgIpc) is 2.82. The molecule has 1 heterocycles.